The number of hydrogen-bond donors (Lipinski definition) is 0. The predicted octanol–water partition coefficient (Wildman–Crippen LogP) is -0.00750. The molecule has 0 rings (SSSR count). The molecule has 0 nitrogen and oxygen atoms in total. The van der Waals surface area contributed by atoms with Crippen molar-refractivity contribution in [3.8, 4) is 0 Å². The third-order valence-corrected chi connectivity index (χ3v) is 0. The molecule has 0 aromatic heterocycles. The molecule has 4 heavy (non-hydrogen) atoms. The average Bonchev–Trinajstić information content (AvgIpc) is 0. The summed E-state index contributed by atoms with van der Waals surface area (Å²) >= 11 is 0. The van der Waals surface area contributed by atoms with Gasteiger partial charge in [-0.15, -0.1) is 0 Å². The molecule has 4 heteroatoms. The SMILES string of the molecule is [Pd].[Pd].[Pd].[Sm]. The van der Waals surface area contributed by atoms with Gasteiger partial charge in [0.25, 0.3) is 0 Å². The standard InChI is InChI=1S/3Pd.Sm. The second kappa shape index (κ2) is 16.2. The Morgan fingerprint density at radius 3 is 0.500 bits per heavy atom. The Morgan fingerprint density at radius 2 is 0.500 bits per heavy atom. The van der Waals surface area contributed by atoms with Crippen molar-refractivity contribution in [2.24, 2.45) is 0 Å². The molecule has 0 radical (unpaired) electrons. The van der Waals surface area contributed by atoms with Crippen LogP contribution in [0.2, 0.25) is 0 Å². The predicted molar refractivity (Wildman–Crippen MR) is 0 cm³/mol. The summed E-state index contributed by atoms with van der Waals surface area (Å²) in [4.78, 5) is 0. The van der Waals surface area contributed by atoms with Crippen molar-refractivity contribution in [2.45, 2.75) is 0 Å². The molecule has 0 heterocycles. The quantitative estimate of drug-likeness (QED) is 0.438. The van der Waals surface area contributed by atoms with Crippen LogP contribution >= 0.6 is 0 Å². The van der Waals surface area contributed by atoms with Crippen LogP contribution in [0.1, 0.15) is 0 Å². The minimum absolute atomic E-state index is 0. The summed E-state index contributed by atoms with van der Waals surface area (Å²) in [6.07, 6.45) is 0. The first-order valence-electron chi connectivity index (χ1n) is 0. The molecule has 0 aromatic rings. The van der Waals surface area contributed by atoms with Crippen molar-refractivity contribution in [1.82, 2.24) is 0 Å². The Labute approximate surface area is 99.3 Å². The fourth-order valence-corrected chi connectivity index (χ4v) is 0. The summed E-state index contributed by atoms with van der Waals surface area (Å²) in [5.74, 6) is 0. The molecule has 0 N–H and O–H groups in total. The van der Waals surface area contributed by atoms with Crippen molar-refractivity contribution >= 4 is 0 Å². The molecule has 36 valence electrons. The summed E-state index contributed by atoms with van der Waals surface area (Å²) in [6, 6.07) is 0. The van der Waals surface area contributed by atoms with E-state index in [2.05, 4.69) is 0 Å². The molecule has 0 spiro atoms. The minimum Gasteiger partial charge on any atom is 0 e. The molecule has 0 aliphatic rings. The fourth-order valence-electron chi connectivity index (χ4n) is 0. The van der Waals surface area contributed by atoms with Crippen molar-refractivity contribution in [3.63, 3.8) is 0 Å². The molecular weight excluding hydrogens is 470 g/mol. The molecule has 0 saturated heterocycles. The van der Waals surface area contributed by atoms with Gasteiger partial charge in [-0.05, 0) is 0 Å². The first kappa shape index (κ1) is 26.5. The van der Waals surface area contributed by atoms with E-state index in [9.17, 15) is 0 Å². The first-order chi connectivity index (χ1) is 0. The van der Waals surface area contributed by atoms with Crippen LogP contribution in [-0.4, -0.2) is 0 Å². The summed E-state index contributed by atoms with van der Waals surface area (Å²) in [7, 11) is 0. The van der Waals surface area contributed by atoms with E-state index in [1.54, 1.807) is 0 Å². The van der Waals surface area contributed by atoms with E-state index in [1.165, 1.54) is 0 Å². The van der Waals surface area contributed by atoms with Gasteiger partial charge >= 0.3 is 0 Å². The first-order valence-corrected chi connectivity index (χ1v) is 0. The molecule has 0 aromatic carbocycles. The van der Waals surface area contributed by atoms with Gasteiger partial charge in [0.05, 0.1) is 0 Å². The second-order valence-corrected chi connectivity index (χ2v) is 0. The summed E-state index contributed by atoms with van der Waals surface area (Å²) in [5, 5.41) is 0. The van der Waals surface area contributed by atoms with Crippen LogP contribution in [-0.2, 0) is 61.3 Å². The Hall–Kier alpha value is 3.32. The van der Waals surface area contributed by atoms with Gasteiger partial charge in [0, 0.05) is 102 Å². The van der Waals surface area contributed by atoms with Crippen LogP contribution in [0, 0.1) is 40.4 Å². The number of rotatable bonds is 0. The van der Waals surface area contributed by atoms with E-state index in [1.807, 2.05) is 0 Å². The van der Waals surface area contributed by atoms with Crippen LogP contribution in [0.3, 0.4) is 0 Å². The Balaban J connectivity index is 0. The second-order valence-electron chi connectivity index (χ2n) is 0. The maximum absolute atomic E-state index is 0. The van der Waals surface area contributed by atoms with E-state index in [4.69, 9.17) is 0 Å². The van der Waals surface area contributed by atoms with E-state index >= 15 is 0 Å². The average molecular weight is 470 g/mol. The van der Waals surface area contributed by atoms with Crippen LogP contribution in [0.15, 0.2) is 0 Å². The van der Waals surface area contributed by atoms with Crippen LogP contribution in [0.25, 0.3) is 0 Å². The Morgan fingerprint density at radius 1 is 0.500 bits per heavy atom. The molecule has 0 saturated carbocycles. The summed E-state index contributed by atoms with van der Waals surface area (Å²) in [6.45, 7) is 0. The monoisotopic (exact) mass is 470 g/mol. The molecule has 0 atom stereocenters. The van der Waals surface area contributed by atoms with Crippen molar-refractivity contribution in [3.05, 3.63) is 0 Å². The van der Waals surface area contributed by atoms with Crippen LogP contribution < -0.4 is 0 Å². The van der Waals surface area contributed by atoms with Gasteiger partial charge in [-0.3, -0.25) is 0 Å². The van der Waals surface area contributed by atoms with E-state index < -0.39 is 0 Å². The van der Waals surface area contributed by atoms with Gasteiger partial charge in [0.15, 0.2) is 0 Å². The molecule has 0 bridgehead atoms. The zero-order chi connectivity index (χ0) is 0. The normalized spacial score (nSPS) is 0. The van der Waals surface area contributed by atoms with Crippen molar-refractivity contribution < 1.29 is 102 Å². The van der Waals surface area contributed by atoms with Gasteiger partial charge in [0.2, 0.25) is 0 Å². The van der Waals surface area contributed by atoms with E-state index in [0.717, 1.165) is 0 Å². The third-order valence-electron chi connectivity index (χ3n) is 0. The Bertz CT molecular complexity index is 3.25. The molecule has 0 aliphatic carbocycles. The topological polar surface area (TPSA) is 0 Å². The van der Waals surface area contributed by atoms with E-state index in [0.29, 0.717) is 0 Å². The third kappa shape index (κ3) is 9.01. The van der Waals surface area contributed by atoms with Gasteiger partial charge in [-0.1, -0.05) is 0 Å². The smallest absolute Gasteiger partial charge is 0 e. The molecular formula is Pd3Sm. The van der Waals surface area contributed by atoms with Gasteiger partial charge in [-0.2, -0.15) is 0 Å². The van der Waals surface area contributed by atoms with Gasteiger partial charge in [0.1, 0.15) is 0 Å². The van der Waals surface area contributed by atoms with Crippen molar-refractivity contribution in [1.29, 1.82) is 0 Å². The maximum Gasteiger partial charge on any atom is 0 e. The van der Waals surface area contributed by atoms with Crippen LogP contribution in [0.4, 0.5) is 0 Å². The molecule has 0 unspecified atom stereocenters. The van der Waals surface area contributed by atoms with Gasteiger partial charge in [-0.25, -0.2) is 0 Å². The molecule has 0 aliphatic heterocycles. The van der Waals surface area contributed by atoms with E-state index in [-0.39, 0.29) is 102 Å². The zero-order valence-electron chi connectivity index (χ0n) is 1.36. The molecule has 0 fully saturated rings. The van der Waals surface area contributed by atoms with Gasteiger partial charge < -0.3 is 0 Å². The minimum atomic E-state index is 0. The van der Waals surface area contributed by atoms with Crippen LogP contribution in [0.5, 0.6) is 0 Å². The largest absolute Gasteiger partial charge is 0 e. The maximum atomic E-state index is 0. The molecule has 0 amide bonds. The number of hydrogen-bond acceptors (Lipinski definition) is 0. The fraction of sp³-hybridized carbons (Fsp3) is 0. The zero-order valence-corrected chi connectivity index (χ0v) is 8.64. The van der Waals surface area contributed by atoms with Crippen molar-refractivity contribution in [2.75, 3.05) is 0 Å². The Kier molecular flexibility index (Phi) is 108. The summed E-state index contributed by atoms with van der Waals surface area (Å²) in [5.41, 5.74) is 0. The summed E-state index contributed by atoms with van der Waals surface area (Å²) < 4.78 is 0.